The van der Waals surface area contributed by atoms with Crippen LogP contribution in [0.3, 0.4) is 0 Å². The van der Waals surface area contributed by atoms with Gasteiger partial charge >= 0.3 is 5.97 Å². The summed E-state index contributed by atoms with van der Waals surface area (Å²) in [5.74, 6) is -1.20. The number of carboxylic acid groups (broad SMARTS) is 1. The zero-order chi connectivity index (χ0) is 12.6. The highest BCUT2D eigenvalue weighted by molar-refractivity contribution is 7.89. The van der Waals surface area contributed by atoms with Crippen LogP contribution in [0.4, 0.5) is 0 Å². The van der Waals surface area contributed by atoms with Crippen LogP contribution in [0.15, 0.2) is 0 Å². The Bertz CT molecular complexity index is 301. The summed E-state index contributed by atoms with van der Waals surface area (Å²) in [4.78, 5) is 10.2. The Hall–Kier alpha value is -0.660. The number of hydrogen-bond donors (Lipinski definition) is 3. The number of rotatable bonds is 9. The molecular formula is C9H19NO5S. The summed E-state index contributed by atoms with van der Waals surface area (Å²) in [6.45, 7) is 2.00. The summed E-state index contributed by atoms with van der Waals surface area (Å²) in [5, 5.41) is 17.5. The Balaban J connectivity index is 3.75. The molecule has 0 aromatic carbocycles. The summed E-state index contributed by atoms with van der Waals surface area (Å²) in [6.07, 6.45) is 0.399. The summed E-state index contributed by atoms with van der Waals surface area (Å²) >= 11 is 0. The fraction of sp³-hybridized carbons (Fsp3) is 0.889. The van der Waals surface area contributed by atoms with Gasteiger partial charge in [0.2, 0.25) is 10.0 Å². The third kappa shape index (κ3) is 8.63. The van der Waals surface area contributed by atoms with Crippen molar-refractivity contribution in [2.45, 2.75) is 38.7 Å². The van der Waals surface area contributed by atoms with E-state index in [9.17, 15) is 18.3 Å². The summed E-state index contributed by atoms with van der Waals surface area (Å²) in [7, 11) is -3.41. The van der Waals surface area contributed by atoms with Crippen molar-refractivity contribution in [1.29, 1.82) is 0 Å². The lowest BCUT2D eigenvalue weighted by Crippen LogP contribution is -2.29. The minimum Gasteiger partial charge on any atom is -0.481 e. The Morgan fingerprint density at radius 3 is 2.56 bits per heavy atom. The first-order valence-electron chi connectivity index (χ1n) is 5.24. The van der Waals surface area contributed by atoms with Gasteiger partial charge in [0.1, 0.15) is 0 Å². The predicted molar refractivity (Wildman–Crippen MR) is 59.6 cm³/mol. The number of carboxylic acids is 1. The summed E-state index contributed by atoms with van der Waals surface area (Å²) in [6, 6.07) is 0. The Morgan fingerprint density at radius 1 is 1.44 bits per heavy atom. The fourth-order valence-corrected chi connectivity index (χ4v) is 2.17. The molecule has 0 fully saturated rings. The molecule has 0 spiro atoms. The van der Waals surface area contributed by atoms with Crippen LogP contribution in [-0.4, -0.2) is 43.0 Å². The van der Waals surface area contributed by atoms with Crippen LogP contribution in [-0.2, 0) is 14.8 Å². The monoisotopic (exact) mass is 253 g/mol. The van der Waals surface area contributed by atoms with Crippen LogP contribution < -0.4 is 4.72 Å². The number of aliphatic carboxylic acids is 1. The summed E-state index contributed by atoms with van der Waals surface area (Å²) in [5.41, 5.74) is 0. The van der Waals surface area contributed by atoms with Crippen LogP contribution in [0.2, 0.25) is 0 Å². The number of sulfonamides is 1. The van der Waals surface area contributed by atoms with Gasteiger partial charge in [0.25, 0.3) is 0 Å². The van der Waals surface area contributed by atoms with Crippen LogP contribution in [0, 0.1) is 0 Å². The maximum atomic E-state index is 11.3. The molecule has 0 aliphatic carbocycles. The second-order valence-electron chi connectivity index (χ2n) is 3.56. The van der Waals surface area contributed by atoms with Gasteiger partial charge in [0.15, 0.2) is 0 Å². The van der Waals surface area contributed by atoms with Gasteiger partial charge in [-0.15, -0.1) is 0 Å². The van der Waals surface area contributed by atoms with Crippen molar-refractivity contribution >= 4 is 16.0 Å². The van der Waals surface area contributed by atoms with Crippen molar-refractivity contribution in [2.24, 2.45) is 0 Å². The summed E-state index contributed by atoms with van der Waals surface area (Å²) < 4.78 is 24.9. The van der Waals surface area contributed by atoms with Crippen molar-refractivity contribution < 1.29 is 23.4 Å². The zero-order valence-corrected chi connectivity index (χ0v) is 10.2. The lowest BCUT2D eigenvalue weighted by atomic mass is 10.2. The molecule has 0 amide bonds. The van der Waals surface area contributed by atoms with Gasteiger partial charge in [-0.3, -0.25) is 4.79 Å². The predicted octanol–water partition coefficient (Wildman–Crippen LogP) is -0.0684. The number of aliphatic hydroxyl groups excluding tert-OH is 1. The molecule has 0 bridgehead atoms. The molecule has 0 heterocycles. The first-order valence-corrected chi connectivity index (χ1v) is 6.90. The van der Waals surface area contributed by atoms with Crippen molar-refractivity contribution in [2.75, 3.05) is 12.3 Å². The third-order valence-corrected chi connectivity index (χ3v) is 3.54. The Morgan fingerprint density at radius 2 is 2.06 bits per heavy atom. The molecule has 0 saturated carbocycles. The minimum absolute atomic E-state index is 0.0982. The highest BCUT2D eigenvalue weighted by atomic mass is 32.2. The molecule has 7 heteroatoms. The highest BCUT2D eigenvalue weighted by Gasteiger charge is 2.11. The van der Waals surface area contributed by atoms with Crippen molar-refractivity contribution in [3.63, 3.8) is 0 Å². The van der Waals surface area contributed by atoms with Gasteiger partial charge in [-0.05, 0) is 19.3 Å². The van der Waals surface area contributed by atoms with E-state index in [-0.39, 0.29) is 25.1 Å². The van der Waals surface area contributed by atoms with E-state index >= 15 is 0 Å². The quantitative estimate of drug-likeness (QED) is 0.533. The molecular weight excluding hydrogens is 234 g/mol. The van der Waals surface area contributed by atoms with E-state index in [0.29, 0.717) is 12.8 Å². The van der Waals surface area contributed by atoms with E-state index in [2.05, 4.69) is 4.72 Å². The standard InChI is InChI=1S/C9H19NO5S/c1-2-8(11)5-6-10-16(14,15)7-3-4-9(12)13/h8,10-11H,2-7H2,1H3,(H,12,13). The molecule has 1 atom stereocenters. The highest BCUT2D eigenvalue weighted by Crippen LogP contribution is 1.98. The third-order valence-electron chi connectivity index (χ3n) is 2.07. The number of hydrogen-bond acceptors (Lipinski definition) is 4. The largest absolute Gasteiger partial charge is 0.481 e. The number of carbonyl (C=O) groups is 1. The second kappa shape index (κ2) is 7.59. The van der Waals surface area contributed by atoms with Gasteiger partial charge in [0.05, 0.1) is 11.9 Å². The first kappa shape index (κ1) is 15.3. The Kier molecular flexibility index (Phi) is 7.27. The van der Waals surface area contributed by atoms with Gasteiger partial charge in [-0.25, -0.2) is 13.1 Å². The van der Waals surface area contributed by atoms with E-state index in [1.807, 2.05) is 6.92 Å². The van der Waals surface area contributed by atoms with E-state index in [1.54, 1.807) is 0 Å². The molecule has 6 nitrogen and oxygen atoms in total. The molecule has 3 N–H and O–H groups in total. The first-order chi connectivity index (χ1) is 7.37. The van der Waals surface area contributed by atoms with Gasteiger partial charge < -0.3 is 10.2 Å². The average Bonchev–Trinajstić information content (AvgIpc) is 2.16. The van der Waals surface area contributed by atoms with Crippen LogP contribution >= 0.6 is 0 Å². The molecule has 0 aromatic rings. The lowest BCUT2D eigenvalue weighted by Gasteiger charge is -2.09. The smallest absolute Gasteiger partial charge is 0.303 e. The molecule has 1 unspecified atom stereocenters. The van der Waals surface area contributed by atoms with Crippen molar-refractivity contribution in [3.8, 4) is 0 Å². The second-order valence-corrected chi connectivity index (χ2v) is 5.49. The molecule has 96 valence electrons. The zero-order valence-electron chi connectivity index (χ0n) is 9.35. The minimum atomic E-state index is -3.41. The molecule has 16 heavy (non-hydrogen) atoms. The number of aliphatic hydroxyl groups is 1. The molecule has 0 aromatic heterocycles. The maximum Gasteiger partial charge on any atom is 0.303 e. The topological polar surface area (TPSA) is 104 Å². The van der Waals surface area contributed by atoms with E-state index in [4.69, 9.17) is 5.11 Å². The van der Waals surface area contributed by atoms with Crippen LogP contribution in [0.1, 0.15) is 32.6 Å². The number of nitrogens with one attached hydrogen (secondary N) is 1. The van der Waals surface area contributed by atoms with Crippen LogP contribution in [0.25, 0.3) is 0 Å². The molecule has 0 rings (SSSR count). The van der Waals surface area contributed by atoms with Crippen LogP contribution in [0.5, 0.6) is 0 Å². The normalized spacial score (nSPS) is 13.6. The van der Waals surface area contributed by atoms with E-state index < -0.39 is 22.1 Å². The van der Waals surface area contributed by atoms with Crippen molar-refractivity contribution in [3.05, 3.63) is 0 Å². The maximum absolute atomic E-state index is 11.3. The molecule has 0 aliphatic heterocycles. The van der Waals surface area contributed by atoms with Gasteiger partial charge in [0, 0.05) is 13.0 Å². The van der Waals surface area contributed by atoms with E-state index in [1.165, 1.54) is 0 Å². The van der Waals surface area contributed by atoms with Gasteiger partial charge in [-0.2, -0.15) is 0 Å². The fourth-order valence-electron chi connectivity index (χ4n) is 1.07. The molecule has 0 radical (unpaired) electrons. The average molecular weight is 253 g/mol. The molecule has 0 saturated heterocycles. The lowest BCUT2D eigenvalue weighted by molar-refractivity contribution is -0.137. The molecule has 0 aliphatic rings. The van der Waals surface area contributed by atoms with E-state index in [0.717, 1.165) is 0 Å². The Labute approximate surface area is 95.7 Å². The van der Waals surface area contributed by atoms with Gasteiger partial charge in [-0.1, -0.05) is 6.92 Å². The SMILES string of the molecule is CCC(O)CCNS(=O)(=O)CCCC(=O)O. The van der Waals surface area contributed by atoms with Crippen molar-refractivity contribution in [1.82, 2.24) is 4.72 Å².